The molecule has 1 fully saturated rings. The highest BCUT2D eigenvalue weighted by molar-refractivity contribution is 5.86. The van der Waals surface area contributed by atoms with Crippen LogP contribution in [0.4, 0.5) is 4.79 Å². The Bertz CT molecular complexity index is 368. The fourth-order valence-electron chi connectivity index (χ4n) is 1.87. The smallest absolute Gasteiger partial charge is 0.410 e. The Balaban J connectivity index is 2.74. The van der Waals surface area contributed by atoms with Gasteiger partial charge in [-0.25, -0.2) is 9.59 Å². The lowest BCUT2D eigenvalue weighted by Crippen LogP contribution is -2.39. The summed E-state index contributed by atoms with van der Waals surface area (Å²) in [4.78, 5) is 24.3. The quantitative estimate of drug-likeness (QED) is 0.769. The summed E-state index contributed by atoms with van der Waals surface area (Å²) in [6, 6.07) is -0.170. The van der Waals surface area contributed by atoms with Gasteiger partial charge in [-0.2, -0.15) is 0 Å². The molecule has 0 aromatic carbocycles. The van der Waals surface area contributed by atoms with E-state index >= 15 is 0 Å². The Morgan fingerprint density at radius 3 is 2.50 bits per heavy atom. The van der Waals surface area contributed by atoms with Crippen molar-refractivity contribution in [2.45, 2.75) is 52.2 Å². The van der Waals surface area contributed by atoms with Crippen molar-refractivity contribution in [3.05, 3.63) is 11.6 Å². The minimum Gasteiger partial charge on any atom is -0.478 e. The molecule has 0 aromatic heterocycles. The lowest BCUT2D eigenvalue weighted by Gasteiger charge is -2.27. The van der Waals surface area contributed by atoms with Gasteiger partial charge in [0.1, 0.15) is 5.60 Å². The number of aliphatic carboxylic acids is 1. The Morgan fingerprint density at radius 2 is 2.00 bits per heavy atom. The molecule has 1 saturated heterocycles. The molecule has 1 aliphatic heterocycles. The number of hydrogen-bond donors (Lipinski definition) is 1. The number of ether oxygens (including phenoxy) is 1. The van der Waals surface area contributed by atoms with E-state index in [2.05, 4.69) is 0 Å². The van der Waals surface area contributed by atoms with Crippen molar-refractivity contribution < 1.29 is 19.4 Å². The van der Waals surface area contributed by atoms with Crippen LogP contribution in [-0.2, 0) is 9.53 Å². The Hall–Kier alpha value is -1.52. The molecule has 1 N–H and O–H groups in total. The predicted octanol–water partition coefficient (Wildman–Crippen LogP) is 2.42. The van der Waals surface area contributed by atoms with Crippen LogP contribution in [0.5, 0.6) is 0 Å². The number of carbonyl (C=O) groups is 2. The molecule has 0 saturated carbocycles. The molecule has 1 heterocycles. The second kappa shape index (κ2) is 5.42. The molecule has 0 unspecified atom stereocenters. The van der Waals surface area contributed by atoms with E-state index in [-0.39, 0.29) is 17.7 Å². The van der Waals surface area contributed by atoms with E-state index in [9.17, 15) is 9.59 Å². The molecule has 0 aromatic rings. The standard InChI is InChI=1S/C13H21NO4/c1-9(11(15)16)8-10-6-5-7-14(10)12(17)18-13(2,3)4/h8,10H,5-7H2,1-4H3,(H,15,16)/t10-/m1/s1. The number of hydrogen-bond acceptors (Lipinski definition) is 3. The summed E-state index contributed by atoms with van der Waals surface area (Å²) >= 11 is 0. The Kier molecular flexibility index (Phi) is 4.38. The normalized spacial score (nSPS) is 21.0. The summed E-state index contributed by atoms with van der Waals surface area (Å²) in [5, 5.41) is 8.85. The van der Waals surface area contributed by atoms with Crippen molar-refractivity contribution in [1.82, 2.24) is 4.90 Å². The van der Waals surface area contributed by atoms with Crippen molar-refractivity contribution in [1.29, 1.82) is 0 Å². The number of carboxylic acids is 1. The number of likely N-dealkylation sites (tertiary alicyclic amines) is 1. The lowest BCUT2D eigenvalue weighted by molar-refractivity contribution is -0.132. The molecule has 18 heavy (non-hydrogen) atoms. The summed E-state index contributed by atoms with van der Waals surface area (Å²) in [6.45, 7) is 7.59. The molecule has 0 aliphatic carbocycles. The zero-order valence-electron chi connectivity index (χ0n) is 11.4. The van der Waals surface area contributed by atoms with Gasteiger partial charge >= 0.3 is 12.1 Å². The molecule has 102 valence electrons. The third kappa shape index (κ3) is 4.05. The second-order valence-electron chi connectivity index (χ2n) is 5.54. The lowest BCUT2D eigenvalue weighted by atomic mass is 10.1. The van der Waals surface area contributed by atoms with Gasteiger partial charge in [0.25, 0.3) is 0 Å². The first-order valence-electron chi connectivity index (χ1n) is 6.12. The van der Waals surface area contributed by atoms with Crippen LogP contribution < -0.4 is 0 Å². The van der Waals surface area contributed by atoms with Gasteiger partial charge in [0, 0.05) is 12.1 Å². The molecule has 0 radical (unpaired) electrons. The Morgan fingerprint density at radius 1 is 1.39 bits per heavy atom. The van der Waals surface area contributed by atoms with Gasteiger partial charge in [0.2, 0.25) is 0 Å². The highest BCUT2D eigenvalue weighted by atomic mass is 16.6. The first-order valence-corrected chi connectivity index (χ1v) is 6.12. The van der Waals surface area contributed by atoms with Crippen molar-refractivity contribution in [2.24, 2.45) is 0 Å². The van der Waals surface area contributed by atoms with Gasteiger partial charge in [0.15, 0.2) is 0 Å². The van der Waals surface area contributed by atoms with Crippen LogP contribution in [0.15, 0.2) is 11.6 Å². The van der Waals surface area contributed by atoms with E-state index < -0.39 is 11.6 Å². The van der Waals surface area contributed by atoms with Crippen LogP contribution >= 0.6 is 0 Å². The third-order valence-corrected chi connectivity index (χ3v) is 2.71. The van der Waals surface area contributed by atoms with Crippen molar-refractivity contribution in [2.75, 3.05) is 6.54 Å². The molecule has 5 nitrogen and oxygen atoms in total. The first kappa shape index (κ1) is 14.5. The van der Waals surface area contributed by atoms with Gasteiger partial charge in [-0.3, -0.25) is 0 Å². The minimum absolute atomic E-state index is 0.170. The number of amides is 1. The average molecular weight is 255 g/mol. The van der Waals surface area contributed by atoms with E-state index in [1.54, 1.807) is 11.0 Å². The maximum Gasteiger partial charge on any atom is 0.410 e. The van der Waals surface area contributed by atoms with E-state index in [1.807, 2.05) is 20.8 Å². The highest BCUT2D eigenvalue weighted by Gasteiger charge is 2.31. The van der Waals surface area contributed by atoms with E-state index in [1.165, 1.54) is 6.92 Å². The average Bonchev–Trinajstić information content (AvgIpc) is 2.62. The molecule has 1 amide bonds. The van der Waals surface area contributed by atoms with Crippen LogP contribution in [-0.4, -0.2) is 40.3 Å². The second-order valence-corrected chi connectivity index (χ2v) is 5.54. The highest BCUT2D eigenvalue weighted by Crippen LogP contribution is 2.22. The van der Waals surface area contributed by atoms with Crippen molar-refractivity contribution in [3.63, 3.8) is 0 Å². The molecule has 5 heteroatoms. The Labute approximate surface area is 107 Å². The van der Waals surface area contributed by atoms with Gasteiger partial charge in [0.05, 0.1) is 6.04 Å². The van der Waals surface area contributed by atoms with Gasteiger partial charge in [-0.15, -0.1) is 0 Å². The number of rotatable bonds is 2. The minimum atomic E-state index is -0.953. The SMILES string of the molecule is CC(=C[C@H]1CCCN1C(=O)OC(C)(C)C)C(=O)O. The predicted molar refractivity (Wildman–Crippen MR) is 67.4 cm³/mol. The van der Waals surface area contributed by atoms with Crippen LogP contribution in [0.1, 0.15) is 40.5 Å². The molecular formula is C13H21NO4. The maximum atomic E-state index is 11.9. The summed E-state index contributed by atoms with van der Waals surface area (Å²) in [7, 11) is 0. The summed E-state index contributed by atoms with van der Waals surface area (Å²) < 4.78 is 5.30. The fraction of sp³-hybridized carbons (Fsp3) is 0.692. The topological polar surface area (TPSA) is 66.8 Å². The number of carboxylic acid groups (broad SMARTS) is 1. The van der Waals surface area contributed by atoms with Crippen LogP contribution in [0.3, 0.4) is 0 Å². The monoisotopic (exact) mass is 255 g/mol. The summed E-state index contributed by atoms with van der Waals surface area (Å²) in [5.41, 5.74) is -0.272. The zero-order chi connectivity index (χ0) is 13.9. The summed E-state index contributed by atoms with van der Waals surface area (Å²) in [5.74, 6) is -0.953. The summed E-state index contributed by atoms with van der Waals surface area (Å²) in [6.07, 6.45) is 2.90. The molecule has 0 spiro atoms. The van der Waals surface area contributed by atoms with E-state index in [0.29, 0.717) is 6.54 Å². The molecular weight excluding hydrogens is 234 g/mol. The molecule has 0 bridgehead atoms. The third-order valence-electron chi connectivity index (χ3n) is 2.71. The van der Waals surface area contributed by atoms with Gasteiger partial charge in [-0.1, -0.05) is 6.08 Å². The maximum absolute atomic E-state index is 11.9. The first-order chi connectivity index (χ1) is 8.20. The van der Waals surface area contributed by atoms with Crippen LogP contribution in [0.25, 0.3) is 0 Å². The zero-order valence-corrected chi connectivity index (χ0v) is 11.4. The van der Waals surface area contributed by atoms with E-state index in [4.69, 9.17) is 9.84 Å². The number of carbonyl (C=O) groups excluding carboxylic acids is 1. The molecule has 1 atom stereocenters. The van der Waals surface area contributed by atoms with Crippen LogP contribution in [0.2, 0.25) is 0 Å². The van der Waals surface area contributed by atoms with Crippen LogP contribution in [0, 0.1) is 0 Å². The van der Waals surface area contributed by atoms with Gasteiger partial charge in [-0.05, 0) is 40.5 Å². The van der Waals surface area contributed by atoms with Gasteiger partial charge < -0.3 is 14.7 Å². The van der Waals surface area contributed by atoms with E-state index in [0.717, 1.165) is 12.8 Å². The molecule has 1 aliphatic rings. The molecule has 1 rings (SSSR count). The largest absolute Gasteiger partial charge is 0.478 e. The van der Waals surface area contributed by atoms with Crippen molar-refractivity contribution >= 4 is 12.1 Å². The van der Waals surface area contributed by atoms with Crippen molar-refractivity contribution in [3.8, 4) is 0 Å². The fourth-order valence-corrected chi connectivity index (χ4v) is 1.87. The number of nitrogens with zero attached hydrogens (tertiary/aromatic N) is 1.